The summed E-state index contributed by atoms with van der Waals surface area (Å²) in [7, 11) is 1.87. The predicted molar refractivity (Wildman–Crippen MR) is 127 cm³/mol. The Morgan fingerprint density at radius 1 is 1.27 bits per heavy atom. The molecule has 2 N–H and O–H groups in total. The first kappa shape index (κ1) is 23.6. The van der Waals surface area contributed by atoms with Crippen LogP contribution in [-0.4, -0.2) is 55.6 Å². The number of halogens is 1. The van der Waals surface area contributed by atoms with Crippen LogP contribution < -0.4 is 10.6 Å². The normalized spacial score (nSPS) is 16.2. The van der Waals surface area contributed by atoms with Crippen LogP contribution in [0.5, 0.6) is 0 Å². The third kappa shape index (κ3) is 8.95. The Labute approximate surface area is 181 Å². The summed E-state index contributed by atoms with van der Waals surface area (Å²) >= 11 is 1.92. The topological polar surface area (TPSA) is 39.7 Å². The number of likely N-dealkylation sites (tertiary alicyclic amines) is 1. The van der Waals surface area contributed by atoms with Crippen molar-refractivity contribution in [2.24, 2.45) is 4.99 Å². The van der Waals surface area contributed by atoms with Gasteiger partial charge in [0.2, 0.25) is 0 Å². The van der Waals surface area contributed by atoms with Gasteiger partial charge >= 0.3 is 0 Å². The van der Waals surface area contributed by atoms with Gasteiger partial charge in [0.25, 0.3) is 0 Å². The van der Waals surface area contributed by atoms with Crippen molar-refractivity contribution in [3.8, 4) is 0 Å². The molecule has 4 nitrogen and oxygen atoms in total. The van der Waals surface area contributed by atoms with Crippen LogP contribution in [0.2, 0.25) is 0 Å². The Morgan fingerprint density at radius 2 is 2.04 bits per heavy atom. The number of hydrogen-bond acceptors (Lipinski definition) is 3. The van der Waals surface area contributed by atoms with Crippen molar-refractivity contribution in [3.63, 3.8) is 0 Å². The molecule has 1 saturated heterocycles. The monoisotopic (exact) mass is 490 g/mol. The number of unbranched alkanes of at least 4 members (excludes halogenated alkanes) is 1. The van der Waals surface area contributed by atoms with Crippen molar-refractivity contribution in [2.75, 3.05) is 38.7 Å². The zero-order valence-electron chi connectivity index (χ0n) is 16.5. The summed E-state index contributed by atoms with van der Waals surface area (Å²) in [5.74, 6) is 2.20. The van der Waals surface area contributed by atoms with Crippen LogP contribution >= 0.6 is 35.7 Å². The Kier molecular flexibility index (Phi) is 12.4. The van der Waals surface area contributed by atoms with E-state index in [4.69, 9.17) is 0 Å². The molecule has 0 bridgehead atoms. The Hall–Kier alpha value is -0.470. The van der Waals surface area contributed by atoms with Gasteiger partial charge in [-0.1, -0.05) is 29.8 Å². The highest BCUT2D eigenvalue weighted by atomic mass is 127. The van der Waals surface area contributed by atoms with E-state index >= 15 is 0 Å². The molecule has 26 heavy (non-hydrogen) atoms. The molecule has 0 aliphatic carbocycles. The number of rotatable bonds is 8. The molecule has 1 aliphatic heterocycles. The first-order valence-corrected chi connectivity index (χ1v) is 10.8. The van der Waals surface area contributed by atoms with Gasteiger partial charge in [-0.2, -0.15) is 11.8 Å². The first-order chi connectivity index (χ1) is 12.2. The van der Waals surface area contributed by atoms with E-state index < -0.39 is 0 Å². The number of thioether (sulfide) groups is 1. The van der Waals surface area contributed by atoms with E-state index in [9.17, 15) is 0 Å². The highest BCUT2D eigenvalue weighted by molar-refractivity contribution is 14.0. The fourth-order valence-electron chi connectivity index (χ4n) is 3.27. The number of nitrogens with zero attached hydrogens (tertiary/aromatic N) is 2. The maximum Gasteiger partial charge on any atom is 0.191 e. The van der Waals surface area contributed by atoms with E-state index in [1.54, 1.807) is 0 Å². The molecule has 1 aromatic carbocycles. The number of nitrogens with one attached hydrogen (secondary N) is 2. The van der Waals surface area contributed by atoms with E-state index in [0.29, 0.717) is 6.04 Å². The quantitative estimate of drug-likeness (QED) is 0.251. The van der Waals surface area contributed by atoms with Crippen molar-refractivity contribution in [1.29, 1.82) is 0 Å². The van der Waals surface area contributed by atoms with Crippen LogP contribution in [0, 0.1) is 6.92 Å². The second-order valence-corrected chi connectivity index (χ2v) is 7.87. The molecule has 1 fully saturated rings. The van der Waals surface area contributed by atoms with Crippen LogP contribution in [0.4, 0.5) is 0 Å². The van der Waals surface area contributed by atoms with Crippen LogP contribution in [0.15, 0.2) is 29.3 Å². The molecule has 1 aliphatic rings. The smallest absolute Gasteiger partial charge is 0.191 e. The summed E-state index contributed by atoms with van der Waals surface area (Å²) in [5, 5.41) is 7.05. The summed E-state index contributed by atoms with van der Waals surface area (Å²) in [4.78, 5) is 6.93. The number of piperidine rings is 1. The Bertz CT molecular complexity index is 530. The molecule has 0 radical (unpaired) electrons. The lowest BCUT2D eigenvalue weighted by Gasteiger charge is -2.33. The van der Waals surface area contributed by atoms with Crippen LogP contribution in [0.3, 0.4) is 0 Å². The molecule has 0 atom stereocenters. The highest BCUT2D eigenvalue weighted by Gasteiger charge is 2.19. The van der Waals surface area contributed by atoms with Gasteiger partial charge in [0, 0.05) is 39.3 Å². The second kappa shape index (κ2) is 13.7. The minimum Gasteiger partial charge on any atom is -0.356 e. The van der Waals surface area contributed by atoms with Gasteiger partial charge in [-0.05, 0) is 50.2 Å². The van der Waals surface area contributed by atoms with Gasteiger partial charge in [0.15, 0.2) is 5.96 Å². The summed E-state index contributed by atoms with van der Waals surface area (Å²) in [6.45, 7) is 6.54. The Morgan fingerprint density at radius 3 is 2.69 bits per heavy atom. The molecular weight excluding hydrogens is 455 g/mol. The number of hydrogen-bond donors (Lipinski definition) is 2. The second-order valence-electron chi connectivity index (χ2n) is 6.88. The average molecular weight is 490 g/mol. The third-order valence-corrected chi connectivity index (χ3v) is 5.41. The average Bonchev–Trinajstić information content (AvgIpc) is 2.62. The van der Waals surface area contributed by atoms with Gasteiger partial charge in [0.1, 0.15) is 0 Å². The largest absolute Gasteiger partial charge is 0.356 e. The highest BCUT2D eigenvalue weighted by Crippen LogP contribution is 2.14. The first-order valence-electron chi connectivity index (χ1n) is 9.45. The number of aryl methyl sites for hydroxylation is 1. The van der Waals surface area contributed by atoms with Gasteiger partial charge in [-0.3, -0.25) is 9.89 Å². The van der Waals surface area contributed by atoms with Crippen molar-refractivity contribution < 1.29 is 0 Å². The van der Waals surface area contributed by atoms with E-state index in [1.165, 1.54) is 42.6 Å². The Balaban J connectivity index is 0.00000338. The lowest BCUT2D eigenvalue weighted by Crippen LogP contribution is -2.48. The molecule has 6 heteroatoms. The van der Waals surface area contributed by atoms with Crippen LogP contribution in [-0.2, 0) is 6.54 Å². The molecule has 1 heterocycles. The van der Waals surface area contributed by atoms with E-state index in [-0.39, 0.29) is 24.0 Å². The zero-order chi connectivity index (χ0) is 17.9. The summed E-state index contributed by atoms with van der Waals surface area (Å²) in [6, 6.07) is 9.40. The minimum absolute atomic E-state index is 0. The van der Waals surface area contributed by atoms with Gasteiger partial charge < -0.3 is 10.6 Å². The molecule has 0 amide bonds. The molecule has 0 aromatic heterocycles. The molecule has 0 unspecified atom stereocenters. The molecule has 0 saturated carbocycles. The van der Waals surface area contributed by atoms with E-state index in [0.717, 1.165) is 32.1 Å². The maximum absolute atomic E-state index is 4.37. The van der Waals surface area contributed by atoms with E-state index in [1.807, 2.05) is 18.8 Å². The fraction of sp³-hybridized carbons (Fsp3) is 0.650. The predicted octanol–water partition coefficient (Wildman–Crippen LogP) is 3.89. The number of guanidine groups is 1. The van der Waals surface area contributed by atoms with Gasteiger partial charge in [-0.15, -0.1) is 24.0 Å². The molecular formula is C20H35IN4S. The SMILES string of the molecule is CN=C(NCCCCSC)NC1CCN(Cc2cccc(C)c2)CC1.I. The summed E-state index contributed by atoms with van der Waals surface area (Å²) in [6.07, 6.45) is 7.00. The van der Waals surface area contributed by atoms with E-state index in [2.05, 4.69) is 58.0 Å². The number of aliphatic imine (C=N–C) groups is 1. The summed E-state index contributed by atoms with van der Waals surface area (Å²) < 4.78 is 0. The molecule has 2 rings (SSSR count). The third-order valence-electron chi connectivity index (χ3n) is 4.71. The van der Waals surface area contributed by atoms with Gasteiger partial charge in [-0.25, -0.2) is 0 Å². The lowest BCUT2D eigenvalue weighted by molar-refractivity contribution is 0.198. The lowest BCUT2D eigenvalue weighted by atomic mass is 10.0. The maximum atomic E-state index is 4.37. The minimum atomic E-state index is 0. The van der Waals surface area contributed by atoms with Crippen molar-refractivity contribution in [3.05, 3.63) is 35.4 Å². The van der Waals surface area contributed by atoms with Gasteiger partial charge in [0.05, 0.1) is 0 Å². The molecule has 0 spiro atoms. The zero-order valence-corrected chi connectivity index (χ0v) is 19.6. The van der Waals surface area contributed by atoms with Crippen LogP contribution in [0.1, 0.15) is 36.8 Å². The molecule has 148 valence electrons. The fourth-order valence-corrected chi connectivity index (χ4v) is 3.76. The van der Waals surface area contributed by atoms with Crippen molar-refractivity contribution in [2.45, 2.75) is 45.2 Å². The standard InChI is InChI=1S/C20H34N4S.HI/c1-17-7-6-8-18(15-17)16-24-12-9-19(10-13-24)23-20(21-2)22-11-4-5-14-25-3;/h6-8,15,19H,4-5,9-14,16H2,1-3H3,(H2,21,22,23);1H. The summed E-state index contributed by atoms with van der Waals surface area (Å²) in [5.41, 5.74) is 2.77. The number of benzene rings is 1. The molecule has 1 aromatic rings. The van der Waals surface area contributed by atoms with Crippen molar-refractivity contribution in [1.82, 2.24) is 15.5 Å². The van der Waals surface area contributed by atoms with Crippen molar-refractivity contribution >= 4 is 41.7 Å². The van der Waals surface area contributed by atoms with Crippen LogP contribution in [0.25, 0.3) is 0 Å².